The second-order valence-corrected chi connectivity index (χ2v) is 5.70. The molecular weight excluding hydrogens is 174 g/mol. The van der Waals surface area contributed by atoms with E-state index >= 15 is 0 Å². The summed E-state index contributed by atoms with van der Waals surface area (Å²) < 4.78 is 0. The summed E-state index contributed by atoms with van der Waals surface area (Å²) in [5.74, 6) is 2.96. The van der Waals surface area contributed by atoms with Crippen LogP contribution in [-0.4, -0.2) is 12.1 Å². The van der Waals surface area contributed by atoms with Crippen molar-refractivity contribution < 1.29 is 4.84 Å². The summed E-state index contributed by atoms with van der Waals surface area (Å²) in [4.78, 5) is 5.94. The summed E-state index contributed by atoms with van der Waals surface area (Å²) in [5, 5.41) is 0. The Kier molecular flexibility index (Phi) is 2.10. The van der Waals surface area contributed by atoms with Crippen molar-refractivity contribution >= 4 is 0 Å². The average Bonchev–Trinajstić information content (AvgIpc) is 2.12. The molecule has 0 amide bonds. The van der Waals surface area contributed by atoms with Crippen molar-refractivity contribution in [2.24, 2.45) is 17.8 Å². The van der Waals surface area contributed by atoms with Crippen LogP contribution in [0.4, 0.5) is 0 Å². The number of rotatable bonds is 3. The fourth-order valence-electron chi connectivity index (χ4n) is 4.38. The zero-order chi connectivity index (χ0) is 9.60. The molecule has 14 heavy (non-hydrogen) atoms. The highest BCUT2D eigenvalue weighted by Gasteiger charge is 2.52. The fourth-order valence-corrected chi connectivity index (χ4v) is 4.38. The number of hydroxylamine groups is 1. The molecule has 0 heterocycles. The first-order valence-corrected chi connectivity index (χ1v) is 6.20. The predicted octanol–water partition coefficient (Wildman–Crippen LogP) is 2.50. The minimum absolute atomic E-state index is 0.241. The Morgan fingerprint density at radius 3 is 2.00 bits per heavy atom. The van der Waals surface area contributed by atoms with Crippen LogP contribution in [0.2, 0.25) is 0 Å². The minimum atomic E-state index is 0.241. The van der Waals surface area contributed by atoms with Gasteiger partial charge >= 0.3 is 0 Å². The Balaban J connectivity index is 1.74. The zero-order valence-corrected chi connectivity index (χ0v) is 9.09. The molecule has 4 fully saturated rings. The van der Waals surface area contributed by atoms with E-state index in [0.29, 0.717) is 0 Å². The lowest BCUT2D eigenvalue weighted by Crippen LogP contribution is -2.53. The summed E-state index contributed by atoms with van der Waals surface area (Å²) in [6.07, 6.45) is 8.46. The maximum Gasteiger partial charge on any atom is 0.0904 e. The predicted molar refractivity (Wildman–Crippen MR) is 55.7 cm³/mol. The van der Waals surface area contributed by atoms with E-state index in [0.717, 1.165) is 24.3 Å². The van der Waals surface area contributed by atoms with E-state index in [-0.39, 0.29) is 5.60 Å². The third kappa shape index (κ3) is 1.40. The molecule has 0 aromatic carbocycles. The number of hydrogen-bond acceptors (Lipinski definition) is 2. The van der Waals surface area contributed by atoms with Crippen LogP contribution in [0.25, 0.3) is 0 Å². The molecule has 0 atom stereocenters. The molecule has 0 spiro atoms. The molecular formula is C12H21NO. The van der Waals surface area contributed by atoms with Crippen molar-refractivity contribution in [2.45, 2.75) is 51.0 Å². The quantitative estimate of drug-likeness (QED) is 0.699. The van der Waals surface area contributed by atoms with Crippen LogP contribution in [0.5, 0.6) is 0 Å². The summed E-state index contributed by atoms with van der Waals surface area (Å²) in [5.41, 5.74) is 3.35. The zero-order valence-electron chi connectivity index (χ0n) is 9.09. The monoisotopic (exact) mass is 195 g/mol. The van der Waals surface area contributed by atoms with Crippen LogP contribution < -0.4 is 5.48 Å². The van der Waals surface area contributed by atoms with E-state index in [4.69, 9.17) is 4.84 Å². The fraction of sp³-hybridized carbons (Fsp3) is 1.00. The van der Waals surface area contributed by atoms with Crippen molar-refractivity contribution in [3.8, 4) is 0 Å². The van der Waals surface area contributed by atoms with E-state index in [1.807, 2.05) is 0 Å². The molecule has 4 aliphatic rings. The van der Waals surface area contributed by atoms with Gasteiger partial charge in [0.1, 0.15) is 0 Å². The van der Waals surface area contributed by atoms with Gasteiger partial charge in [0.2, 0.25) is 0 Å². The van der Waals surface area contributed by atoms with Crippen molar-refractivity contribution in [1.29, 1.82) is 0 Å². The van der Waals surface area contributed by atoms with Crippen LogP contribution >= 0.6 is 0 Å². The Morgan fingerprint density at radius 1 is 1.07 bits per heavy atom. The lowest BCUT2D eigenvalue weighted by molar-refractivity contribution is -0.195. The molecule has 0 radical (unpaired) electrons. The first-order chi connectivity index (χ1) is 6.80. The van der Waals surface area contributed by atoms with Crippen LogP contribution in [0, 0.1) is 17.8 Å². The van der Waals surface area contributed by atoms with Gasteiger partial charge in [0.15, 0.2) is 0 Å². The van der Waals surface area contributed by atoms with E-state index in [2.05, 4.69) is 12.4 Å². The van der Waals surface area contributed by atoms with Crippen molar-refractivity contribution in [2.75, 3.05) is 6.54 Å². The average molecular weight is 195 g/mol. The standard InChI is InChI=1S/C12H21NO/c1-2-13-14-12-6-9-3-10(7-12)5-11(4-9)8-12/h9-11,13H,2-8H2,1H3. The van der Waals surface area contributed by atoms with Gasteiger partial charge in [0.25, 0.3) is 0 Å². The molecule has 4 rings (SSSR count). The molecule has 0 aliphatic heterocycles. The van der Waals surface area contributed by atoms with Gasteiger partial charge < -0.3 is 0 Å². The summed E-state index contributed by atoms with van der Waals surface area (Å²) in [6.45, 7) is 3.04. The second kappa shape index (κ2) is 3.21. The Hall–Kier alpha value is -0.0800. The van der Waals surface area contributed by atoms with Gasteiger partial charge in [0, 0.05) is 6.54 Å². The highest BCUT2D eigenvalue weighted by molar-refractivity contribution is 5.02. The molecule has 0 aromatic heterocycles. The van der Waals surface area contributed by atoms with Gasteiger partial charge in [-0.15, -0.1) is 0 Å². The van der Waals surface area contributed by atoms with Gasteiger partial charge in [-0.05, 0) is 56.3 Å². The first-order valence-electron chi connectivity index (χ1n) is 6.20. The van der Waals surface area contributed by atoms with E-state index < -0.39 is 0 Å². The Morgan fingerprint density at radius 2 is 1.57 bits per heavy atom. The lowest BCUT2D eigenvalue weighted by Gasteiger charge is -2.55. The minimum Gasteiger partial charge on any atom is -0.295 e. The van der Waals surface area contributed by atoms with Gasteiger partial charge in [-0.1, -0.05) is 6.92 Å². The number of nitrogens with one attached hydrogen (secondary N) is 1. The highest BCUT2D eigenvalue weighted by Crippen LogP contribution is 2.56. The second-order valence-electron chi connectivity index (χ2n) is 5.70. The smallest absolute Gasteiger partial charge is 0.0904 e. The SMILES string of the molecule is CCNOC12CC3CC(CC(C3)C1)C2. The van der Waals surface area contributed by atoms with Crippen LogP contribution in [-0.2, 0) is 4.84 Å². The topological polar surface area (TPSA) is 21.3 Å². The maximum atomic E-state index is 5.94. The summed E-state index contributed by atoms with van der Waals surface area (Å²) in [7, 11) is 0. The molecule has 0 saturated heterocycles. The van der Waals surface area contributed by atoms with Crippen molar-refractivity contribution in [1.82, 2.24) is 5.48 Å². The van der Waals surface area contributed by atoms with Gasteiger partial charge in [0.05, 0.1) is 5.60 Å². The molecule has 4 saturated carbocycles. The van der Waals surface area contributed by atoms with Gasteiger partial charge in [-0.3, -0.25) is 4.84 Å². The molecule has 2 heteroatoms. The largest absolute Gasteiger partial charge is 0.295 e. The maximum absolute atomic E-state index is 5.94. The first kappa shape index (κ1) is 9.17. The third-order valence-corrected chi connectivity index (χ3v) is 4.42. The molecule has 0 aromatic rings. The van der Waals surface area contributed by atoms with E-state index in [1.165, 1.54) is 38.5 Å². The molecule has 4 bridgehead atoms. The van der Waals surface area contributed by atoms with Crippen LogP contribution in [0.1, 0.15) is 45.4 Å². The number of hydrogen-bond donors (Lipinski definition) is 1. The summed E-state index contributed by atoms with van der Waals surface area (Å²) in [6, 6.07) is 0. The van der Waals surface area contributed by atoms with Crippen LogP contribution in [0.3, 0.4) is 0 Å². The molecule has 0 unspecified atom stereocenters. The normalized spacial score (nSPS) is 49.9. The molecule has 80 valence electrons. The molecule has 4 aliphatic carbocycles. The third-order valence-electron chi connectivity index (χ3n) is 4.42. The Labute approximate surface area is 86.4 Å². The van der Waals surface area contributed by atoms with Crippen molar-refractivity contribution in [3.63, 3.8) is 0 Å². The summed E-state index contributed by atoms with van der Waals surface area (Å²) >= 11 is 0. The van der Waals surface area contributed by atoms with E-state index in [1.54, 1.807) is 0 Å². The van der Waals surface area contributed by atoms with E-state index in [9.17, 15) is 0 Å². The van der Waals surface area contributed by atoms with Crippen molar-refractivity contribution in [3.05, 3.63) is 0 Å². The van der Waals surface area contributed by atoms with Gasteiger partial charge in [-0.25, -0.2) is 5.48 Å². The highest BCUT2D eigenvalue weighted by atomic mass is 16.7. The Bertz CT molecular complexity index is 191. The van der Waals surface area contributed by atoms with Gasteiger partial charge in [-0.2, -0.15) is 0 Å². The van der Waals surface area contributed by atoms with Crippen LogP contribution in [0.15, 0.2) is 0 Å². The lowest BCUT2D eigenvalue weighted by atomic mass is 9.54. The molecule has 1 N–H and O–H groups in total. The molecule has 2 nitrogen and oxygen atoms in total.